The molecule has 31 heavy (non-hydrogen) atoms. The minimum atomic E-state index is -0.342. The average Bonchev–Trinajstić information content (AvgIpc) is 3.45. The molecule has 4 aromatic rings. The highest BCUT2D eigenvalue weighted by Crippen LogP contribution is 2.30. The lowest BCUT2D eigenvalue weighted by molar-refractivity contribution is -0.127. The molecule has 5 nitrogen and oxygen atoms in total. The number of amides is 1. The zero-order chi connectivity index (χ0) is 21.2. The highest BCUT2D eigenvalue weighted by molar-refractivity contribution is 5.91. The monoisotopic (exact) mass is 416 g/mol. The molecule has 0 atom stereocenters. The maximum atomic E-state index is 13.9. The van der Waals surface area contributed by atoms with E-state index in [9.17, 15) is 9.18 Å². The number of hydrogen-bond donors (Lipinski definition) is 0. The zero-order valence-corrected chi connectivity index (χ0v) is 16.8. The maximum Gasteiger partial charge on any atom is 0.246 e. The van der Waals surface area contributed by atoms with Crippen molar-refractivity contribution in [2.24, 2.45) is 0 Å². The first-order valence-electron chi connectivity index (χ1n) is 10.3. The number of furan rings is 1. The van der Waals surface area contributed by atoms with E-state index in [0.717, 1.165) is 29.8 Å². The number of oxazole rings is 1. The summed E-state index contributed by atoms with van der Waals surface area (Å²) in [5.41, 5.74) is 2.06. The Balaban J connectivity index is 1.20. The number of likely N-dealkylation sites (tertiary alicyclic amines) is 1. The van der Waals surface area contributed by atoms with Gasteiger partial charge in [0.25, 0.3) is 0 Å². The van der Waals surface area contributed by atoms with Gasteiger partial charge in [-0.25, -0.2) is 9.37 Å². The molecule has 0 saturated carbocycles. The second kappa shape index (κ2) is 8.22. The van der Waals surface area contributed by atoms with Gasteiger partial charge in [-0.15, -0.1) is 0 Å². The van der Waals surface area contributed by atoms with E-state index in [1.165, 1.54) is 12.1 Å². The summed E-state index contributed by atoms with van der Waals surface area (Å²) in [5.74, 6) is 1.50. The van der Waals surface area contributed by atoms with Gasteiger partial charge >= 0.3 is 0 Å². The van der Waals surface area contributed by atoms with Crippen LogP contribution in [0, 0.1) is 5.82 Å². The predicted octanol–water partition coefficient (Wildman–Crippen LogP) is 5.65. The Kier molecular flexibility index (Phi) is 5.12. The van der Waals surface area contributed by atoms with E-state index < -0.39 is 0 Å². The average molecular weight is 416 g/mol. The van der Waals surface area contributed by atoms with Gasteiger partial charge in [-0.2, -0.15) is 0 Å². The molecular weight excluding hydrogens is 395 g/mol. The number of hydrogen-bond acceptors (Lipinski definition) is 4. The van der Waals surface area contributed by atoms with Gasteiger partial charge in [-0.05, 0) is 55.3 Å². The van der Waals surface area contributed by atoms with Gasteiger partial charge in [0, 0.05) is 25.1 Å². The number of piperidine rings is 1. The molecule has 0 aliphatic carbocycles. The Labute approximate surface area is 178 Å². The molecule has 5 rings (SSSR count). The van der Waals surface area contributed by atoms with Crippen molar-refractivity contribution in [3.8, 4) is 11.3 Å². The standard InChI is InChI=1S/C25H21FN2O3/c26-20-6-2-1-5-19(20)22-11-9-18(30-22)10-12-24(29)28-15-13-17(14-16-28)25-27-21-7-3-4-8-23(21)31-25/h1-12,17H,13-16H2. The smallest absolute Gasteiger partial charge is 0.246 e. The number of aromatic nitrogens is 1. The third kappa shape index (κ3) is 4.01. The van der Waals surface area contributed by atoms with Gasteiger partial charge in [0.15, 0.2) is 11.5 Å². The first-order valence-corrected chi connectivity index (χ1v) is 10.3. The van der Waals surface area contributed by atoms with Crippen molar-refractivity contribution in [3.63, 3.8) is 0 Å². The van der Waals surface area contributed by atoms with Crippen LogP contribution in [0.1, 0.15) is 30.4 Å². The Morgan fingerprint density at radius 3 is 2.58 bits per heavy atom. The van der Waals surface area contributed by atoms with Crippen LogP contribution in [0.4, 0.5) is 4.39 Å². The molecule has 1 saturated heterocycles. The van der Waals surface area contributed by atoms with Crippen LogP contribution in [0.5, 0.6) is 0 Å². The van der Waals surface area contributed by atoms with Crippen molar-refractivity contribution in [1.29, 1.82) is 0 Å². The van der Waals surface area contributed by atoms with E-state index in [0.29, 0.717) is 30.2 Å². The van der Waals surface area contributed by atoms with Gasteiger partial charge in [0.05, 0.1) is 5.56 Å². The molecule has 2 aromatic heterocycles. The molecule has 2 aromatic carbocycles. The molecule has 1 fully saturated rings. The lowest BCUT2D eigenvalue weighted by atomic mass is 9.97. The van der Waals surface area contributed by atoms with Gasteiger partial charge in [0.2, 0.25) is 5.91 Å². The molecule has 3 heterocycles. The van der Waals surface area contributed by atoms with Crippen molar-refractivity contribution < 1.29 is 18.0 Å². The highest BCUT2D eigenvalue weighted by atomic mass is 19.1. The fraction of sp³-hybridized carbons (Fsp3) is 0.200. The summed E-state index contributed by atoms with van der Waals surface area (Å²) < 4.78 is 25.5. The number of nitrogens with zero attached hydrogens (tertiary/aromatic N) is 2. The van der Waals surface area contributed by atoms with Crippen molar-refractivity contribution in [3.05, 3.63) is 84.2 Å². The molecule has 156 valence electrons. The Morgan fingerprint density at radius 2 is 1.77 bits per heavy atom. The number of carbonyl (C=O) groups is 1. The first kappa shape index (κ1) is 19.3. The molecule has 1 aliphatic rings. The van der Waals surface area contributed by atoms with Crippen molar-refractivity contribution in [2.45, 2.75) is 18.8 Å². The first-order chi connectivity index (χ1) is 15.2. The third-order valence-electron chi connectivity index (χ3n) is 5.62. The Morgan fingerprint density at radius 1 is 1.00 bits per heavy atom. The summed E-state index contributed by atoms with van der Waals surface area (Å²) >= 11 is 0. The molecule has 0 spiro atoms. The number of carbonyl (C=O) groups excluding carboxylic acids is 1. The SMILES string of the molecule is O=C(C=Cc1ccc(-c2ccccc2F)o1)N1CCC(c2nc3ccccc3o2)CC1. The van der Waals surface area contributed by atoms with E-state index >= 15 is 0 Å². The van der Waals surface area contributed by atoms with Crippen molar-refractivity contribution in [2.75, 3.05) is 13.1 Å². The summed E-state index contributed by atoms with van der Waals surface area (Å²) in [6.07, 6.45) is 4.75. The van der Waals surface area contributed by atoms with Crippen LogP contribution in [0.2, 0.25) is 0 Å². The molecule has 0 N–H and O–H groups in total. The van der Waals surface area contributed by atoms with Gasteiger partial charge in [-0.1, -0.05) is 24.3 Å². The third-order valence-corrected chi connectivity index (χ3v) is 5.62. The van der Waals surface area contributed by atoms with Crippen LogP contribution in [0.25, 0.3) is 28.5 Å². The number of halogens is 1. The molecule has 6 heteroatoms. The predicted molar refractivity (Wildman–Crippen MR) is 116 cm³/mol. The van der Waals surface area contributed by atoms with Crippen molar-refractivity contribution in [1.82, 2.24) is 9.88 Å². The Bertz CT molecular complexity index is 1220. The summed E-state index contributed by atoms with van der Waals surface area (Å²) in [4.78, 5) is 19.0. The van der Waals surface area contributed by atoms with Crippen LogP contribution in [0.3, 0.4) is 0 Å². The minimum Gasteiger partial charge on any atom is -0.457 e. The summed E-state index contributed by atoms with van der Waals surface area (Å²) in [7, 11) is 0. The molecule has 0 unspecified atom stereocenters. The van der Waals surface area contributed by atoms with Crippen molar-refractivity contribution >= 4 is 23.1 Å². The summed E-state index contributed by atoms with van der Waals surface area (Å²) in [5, 5.41) is 0. The minimum absolute atomic E-state index is 0.0696. The fourth-order valence-corrected chi connectivity index (χ4v) is 3.92. The summed E-state index contributed by atoms with van der Waals surface area (Å²) in [6, 6.07) is 17.6. The lowest BCUT2D eigenvalue weighted by Crippen LogP contribution is -2.36. The molecule has 0 radical (unpaired) electrons. The van der Waals surface area contributed by atoms with E-state index in [2.05, 4.69) is 4.98 Å². The number of benzene rings is 2. The zero-order valence-electron chi connectivity index (χ0n) is 16.8. The quantitative estimate of drug-likeness (QED) is 0.404. The molecular formula is C25H21FN2O3. The fourth-order valence-electron chi connectivity index (χ4n) is 3.92. The molecule has 1 aliphatic heterocycles. The second-order valence-electron chi connectivity index (χ2n) is 7.63. The largest absolute Gasteiger partial charge is 0.457 e. The van der Waals surface area contributed by atoms with Gasteiger partial charge < -0.3 is 13.7 Å². The van der Waals surface area contributed by atoms with E-state index in [-0.39, 0.29) is 17.6 Å². The van der Waals surface area contributed by atoms with Crippen LogP contribution >= 0.6 is 0 Å². The van der Waals surface area contributed by atoms with E-state index in [1.54, 1.807) is 36.4 Å². The Hall–Kier alpha value is -3.67. The molecule has 1 amide bonds. The number of rotatable bonds is 4. The van der Waals surface area contributed by atoms with Crippen LogP contribution < -0.4 is 0 Å². The molecule has 0 bridgehead atoms. The maximum absolute atomic E-state index is 13.9. The number of fused-ring (bicyclic) bond motifs is 1. The van der Waals surface area contributed by atoms with Crippen LogP contribution in [-0.2, 0) is 4.79 Å². The lowest BCUT2D eigenvalue weighted by Gasteiger charge is -2.29. The van der Waals surface area contributed by atoms with Crippen LogP contribution in [0.15, 0.2) is 75.6 Å². The van der Waals surface area contributed by atoms with E-state index in [4.69, 9.17) is 8.83 Å². The second-order valence-corrected chi connectivity index (χ2v) is 7.63. The normalized spacial score (nSPS) is 15.2. The highest BCUT2D eigenvalue weighted by Gasteiger charge is 2.26. The van der Waals surface area contributed by atoms with Gasteiger partial charge in [0.1, 0.15) is 22.9 Å². The number of para-hydroxylation sites is 2. The van der Waals surface area contributed by atoms with Crippen LogP contribution in [-0.4, -0.2) is 28.9 Å². The van der Waals surface area contributed by atoms with Gasteiger partial charge in [-0.3, -0.25) is 4.79 Å². The topological polar surface area (TPSA) is 59.5 Å². The summed E-state index contributed by atoms with van der Waals surface area (Å²) in [6.45, 7) is 1.29. The van der Waals surface area contributed by atoms with E-state index in [1.807, 2.05) is 29.2 Å².